The van der Waals surface area contributed by atoms with E-state index in [2.05, 4.69) is 9.72 Å². The molecule has 0 saturated carbocycles. The Morgan fingerprint density at radius 2 is 2.18 bits per heavy atom. The number of hydrogen-bond acceptors (Lipinski definition) is 5. The normalized spacial score (nSPS) is 10.4. The second-order valence-electron chi connectivity index (χ2n) is 3.11. The first-order chi connectivity index (χ1) is 7.88. The van der Waals surface area contributed by atoms with E-state index in [0.717, 1.165) is 13.2 Å². The molecule has 0 aromatic carbocycles. The number of hydrogen-bond donors (Lipinski definition) is 0. The molecule has 1 aromatic rings. The maximum Gasteiger partial charge on any atom is 0.356 e. The second kappa shape index (κ2) is 4.81. The van der Waals surface area contributed by atoms with Gasteiger partial charge in [-0.3, -0.25) is 10.1 Å². The number of esters is 1. The lowest BCUT2D eigenvalue weighted by Crippen LogP contribution is -2.10. The van der Waals surface area contributed by atoms with Crippen molar-refractivity contribution in [3.8, 4) is 0 Å². The molecule has 8 heteroatoms. The van der Waals surface area contributed by atoms with Crippen molar-refractivity contribution in [2.45, 2.75) is 13.3 Å². The molecule has 0 fully saturated rings. The minimum atomic E-state index is -3.14. The molecule has 6 nitrogen and oxygen atoms in total. The number of halogens is 2. The molecule has 0 N–H and O–H groups in total. The van der Waals surface area contributed by atoms with Crippen molar-refractivity contribution < 1.29 is 23.2 Å². The van der Waals surface area contributed by atoms with Gasteiger partial charge in [-0.2, -0.15) is 0 Å². The standard InChI is InChI=1S/C9H8F2N2O4/c1-4-3-5(9(14)17-2)12-6(8(10)11)7(4)13(15)16/h3,8H,1-2H3. The van der Waals surface area contributed by atoms with Crippen molar-refractivity contribution >= 4 is 11.7 Å². The van der Waals surface area contributed by atoms with Crippen LogP contribution in [0, 0.1) is 17.0 Å². The topological polar surface area (TPSA) is 82.3 Å². The van der Waals surface area contributed by atoms with E-state index in [1.807, 2.05) is 0 Å². The minimum Gasteiger partial charge on any atom is -0.464 e. The van der Waals surface area contributed by atoms with Crippen LogP contribution in [0.2, 0.25) is 0 Å². The predicted molar refractivity (Wildman–Crippen MR) is 51.9 cm³/mol. The molecule has 1 rings (SSSR count). The van der Waals surface area contributed by atoms with Crippen LogP contribution >= 0.6 is 0 Å². The summed E-state index contributed by atoms with van der Waals surface area (Å²) in [6.07, 6.45) is -3.14. The summed E-state index contributed by atoms with van der Waals surface area (Å²) in [5.41, 5.74) is -2.27. The van der Waals surface area contributed by atoms with Crippen LogP contribution in [0.3, 0.4) is 0 Å². The zero-order valence-corrected chi connectivity index (χ0v) is 8.94. The van der Waals surface area contributed by atoms with Gasteiger partial charge in [-0.15, -0.1) is 0 Å². The Kier molecular flexibility index (Phi) is 3.66. The van der Waals surface area contributed by atoms with Gasteiger partial charge in [0.2, 0.25) is 0 Å². The van der Waals surface area contributed by atoms with Crippen LogP contribution in [0.25, 0.3) is 0 Å². The number of aromatic nitrogens is 1. The van der Waals surface area contributed by atoms with E-state index in [-0.39, 0.29) is 11.3 Å². The van der Waals surface area contributed by atoms with E-state index in [1.165, 1.54) is 6.92 Å². The number of rotatable bonds is 3. The summed E-state index contributed by atoms with van der Waals surface area (Å²) in [4.78, 5) is 24.0. The number of nitrogens with zero attached hydrogens (tertiary/aromatic N) is 2. The lowest BCUT2D eigenvalue weighted by Gasteiger charge is -2.06. The van der Waals surface area contributed by atoms with Crippen molar-refractivity contribution in [1.82, 2.24) is 4.98 Å². The number of ether oxygens (including phenoxy) is 1. The van der Waals surface area contributed by atoms with Crippen LogP contribution in [0.1, 0.15) is 28.2 Å². The quantitative estimate of drug-likeness (QED) is 0.463. The molecule has 0 aliphatic carbocycles. The van der Waals surface area contributed by atoms with Crippen LogP contribution in [-0.2, 0) is 4.74 Å². The molecular weight excluding hydrogens is 238 g/mol. The average Bonchev–Trinajstić information content (AvgIpc) is 2.26. The number of carbonyl (C=O) groups is 1. The van der Waals surface area contributed by atoms with Crippen LogP contribution in [0.5, 0.6) is 0 Å². The molecule has 1 heterocycles. The van der Waals surface area contributed by atoms with Crippen molar-refractivity contribution in [1.29, 1.82) is 0 Å². The van der Waals surface area contributed by atoms with Gasteiger partial charge in [0.25, 0.3) is 12.1 Å². The minimum absolute atomic E-state index is 0.0688. The molecular formula is C9H8F2N2O4. The molecule has 0 spiro atoms. The van der Waals surface area contributed by atoms with Gasteiger partial charge in [0.1, 0.15) is 5.69 Å². The second-order valence-corrected chi connectivity index (χ2v) is 3.11. The summed E-state index contributed by atoms with van der Waals surface area (Å²) in [5, 5.41) is 10.6. The number of alkyl halides is 2. The monoisotopic (exact) mass is 246 g/mol. The maximum atomic E-state index is 12.6. The first kappa shape index (κ1) is 12.9. The van der Waals surface area contributed by atoms with Gasteiger partial charge in [0, 0.05) is 5.56 Å². The van der Waals surface area contributed by atoms with Crippen LogP contribution in [-0.4, -0.2) is 23.0 Å². The maximum absolute atomic E-state index is 12.6. The van der Waals surface area contributed by atoms with E-state index in [1.54, 1.807) is 0 Å². The molecule has 0 saturated heterocycles. The third-order valence-electron chi connectivity index (χ3n) is 1.99. The Morgan fingerprint density at radius 1 is 1.59 bits per heavy atom. The van der Waals surface area contributed by atoms with Gasteiger partial charge in [-0.05, 0) is 13.0 Å². The smallest absolute Gasteiger partial charge is 0.356 e. The van der Waals surface area contributed by atoms with Gasteiger partial charge in [-0.25, -0.2) is 18.6 Å². The average molecular weight is 246 g/mol. The number of pyridine rings is 1. The van der Waals surface area contributed by atoms with Crippen molar-refractivity contribution in [2.75, 3.05) is 7.11 Å². The summed E-state index contributed by atoms with van der Waals surface area (Å²) < 4.78 is 29.5. The molecule has 0 amide bonds. The van der Waals surface area contributed by atoms with Crippen LogP contribution in [0.4, 0.5) is 14.5 Å². The fraction of sp³-hybridized carbons (Fsp3) is 0.333. The van der Waals surface area contributed by atoms with E-state index in [0.29, 0.717) is 0 Å². The Hall–Kier alpha value is -2.12. The fourth-order valence-electron chi connectivity index (χ4n) is 1.29. The van der Waals surface area contributed by atoms with Crippen LogP contribution in [0.15, 0.2) is 6.07 Å². The summed E-state index contributed by atoms with van der Waals surface area (Å²) >= 11 is 0. The summed E-state index contributed by atoms with van der Waals surface area (Å²) in [7, 11) is 1.06. The highest BCUT2D eigenvalue weighted by Gasteiger charge is 2.28. The summed E-state index contributed by atoms with van der Waals surface area (Å²) in [5.74, 6) is -0.926. The fourth-order valence-corrected chi connectivity index (χ4v) is 1.29. The van der Waals surface area contributed by atoms with E-state index in [9.17, 15) is 23.7 Å². The third-order valence-corrected chi connectivity index (χ3v) is 1.99. The van der Waals surface area contributed by atoms with Gasteiger partial charge < -0.3 is 4.74 Å². The van der Waals surface area contributed by atoms with Gasteiger partial charge in [-0.1, -0.05) is 0 Å². The van der Waals surface area contributed by atoms with E-state index in [4.69, 9.17) is 0 Å². The highest BCUT2D eigenvalue weighted by molar-refractivity contribution is 5.87. The predicted octanol–water partition coefficient (Wildman–Crippen LogP) is 2.02. The van der Waals surface area contributed by atoms with E-state index < -0.39 is 28.7 Å². The van der Waals surface area contributed by atoms with Crippen molar-refractivity contribution in [3.63, 3.8) is 0 Å². The molecule has 0 unspecified atom stereocenters. The van der Waals surface area contributed by atoms with Gasteiger partial charge in [0.15, 0.2) is 5.69 Å². The molecule has 0 aliphatic rings. The highest BCUT2D eigenvalue weighted by atomic mass is 19.3. The van der Waals surface area contributed by atoms with Gasteiger partial charge >= 0.3 is 5.97 Å². The Morgan fingerprint density at radius 3 is 2.59 bits per heavy atom. The molecule has 92 valence electrons. The van der Waals surface area contributed by atoms with Crippen LogP contribution < -0.4 is 0 Å². The molecule has 0 radical (unpaired) electrons. The Bertz CT molecular complexity index is 476. The molecule has 0 atom stereocenters. The highest BCUT2D eigenvalue weighted by Crippen LogP contribution is 2.30. The number of methoxy groups -OCH3 is 1. The number of aryl methyl sites for hydroxylation is 1. The SMILES string of the molecule is COC(=O)c1cc(C)c([N+](=O)[O-])c(C(F)F)n1. The lowest BCUT2D eigenvalue weighted by atomic mass is 10.1. The summed E-state index contributed by atoms with van der Waals surface area (Å²) in [6, 6.07) is 1.04. The molecule has 0 aliphatic heterocycles. The summed E-state index contributed by atoms with van der Waals surface area (Å²) in [6.45, 7) is 1.25. The van der Waals surface area contributed by atoms with Crippen molar-refractivity contribution in [2.24, 2.45) is 0 Å². The van der Waals surface area contributed by atoms with E-state index >= 15 is 0 Å². The number of carbonyl (C=O) groups excluding carboxylic acids is 1. The number of nitro groups is 1. The molecule has 1 aromatic heterocycles. The first-order valence-corrected chi connectivity index (χ1v) is 4.40. The largest absolute Gasteiger partial charge is 0.464 e. The zero-order valence-electron chi connectivity index (χ0n) is 8.94. The Labute approximate surface area is 94.4 Å². The molecule has 17 heavy (non-hydrogen) atoms. The lowest BCUT2D eigenvalue weighted by molar-refractivity contribution is -0.387. The third kappa shape index (κ3) is 2.52. The zero-order chi connectivity index (χ0) is 13.2. The Balaban J connectivity index is 3.46. The molecule has 0 bridgehead atoms. The first-order valence-electron chi connectivity index (χ1n) is 4.40. The van der Waals surface area contributed by atoms with Gasteiger partial charge in [0.05, 0.1) is 12.0 Å². The van der Waals surface area contributed by atoms with Crippen molar-refractivity contribution in [3.05, 3.63) is 33.1 Å².